The van der Waals surface area contributed by atoms with E-state index in [0.717, 1.165) is 11.4 Å². The third-order valence-corrected chi connectivity index (χ3v) is 12.4. The normalized spacial score (nSPS) is 12.0. The van der Waals surface area contributed by atoms with Gasteiger partial charge in [-0.25, -0.2) is 0 Å². The van der Waals surface area contributed by atoms with Crippen molar-refractivity contribution in [1.82, 2.24) is 4.57 Å². The van der Waals surface area contributed by atoms with Crippen molar-refractivity contribution in [3.63, 3.8) is 0 Å². The molecule has 0 aliphatic heterocycles. The quantitative estimate of drug-likeness (QED) is 0.181. The van der Waals surface area contributed by atoms with E-state index in [-0.39, 0.29) is 0 Å². The van der Waals surface area contributed by atoms with Crippen LogP contribution in [0.3, 0.4) is 0 Å². The predicted octanol–water partition coefficient (Wildman–Crippen LogP) is 14.1. The van der Waals surface area contributed by atoms with Crippen LogP contribution < -0.4 is 4.90 Å². The summed E-state index contributed by atoms with van der Waals surface area (Å²) in [5, 5.41) is 10.2. The van der Waals surface area contributed by atoms with Crippen molar-refractivity contribution in [1.29, 1.82) is 0 Å². The van der Waals surface area contributed by atoms with Crippen LogP contribution in [0.15, 0.2) is 170 Å². The van der Waals surface area contributed by atoms with E-state index in [1.54, 1.807) is 0 Å². The van der Waals surface area contributed by atoms with E-state index >= 15 is 0 Å². The van der Waals surface area contributed by atoms with Gasteiger partial charge in [-0.1, -0.05) is 91.0 Å². The number of fused-ring (bicyclic) bond motifs is 10. The number of hydrogen-bond donors (Lipinski definition) is 0. The molecule has 0 bridgehead atoms. The number of thiophene rings is 2. The molecule has 0 aliphatic rings. The highest BCUT2D eigenvalue weighted by atomic mass is 32.1. The van der Waals surface area contributed by atoms with Crippen LogP contribution in [-0.2, 0) is 0 Å². The molecule has 0 spiro atoms. The maximum atomic E-state index is 2.47. The van der Waals surface area contributed by atoms with Crippen molar-refractivity contribution in [3.05, 3.63) is 170 Å². The lowest BCUT2D eigenvalue weighted by Crippen LogP contribution is -2.10. The molecule has 3 aromatic heterocycles. The highest BCUT2D eigenvalue weighted by Gasteiger charge is 2.20. The maximum Gasteiger partial charge on any atom is 0.0542 e. The molecule has 234 valence electrons. The van der Waals surface area contributed by atoms with Gasteiger partial charge in [0, 0.05) is 73.6 Å². The number of aromatic nitrogens is 1. The summed E-state index contributed by atoms with van der Waals surface area (Å²) in [6, 6.07) is 62.5. The summed E-state index contributed by atoms with van der Waals surface area (Å²) >= 11 is 3.75. The Morgan fingerprint density at radius 1 is 0.360 bits per heavy atom. The van der Waals surface area contributed by atoms with Gasteiger partial charge in [0.15, 0.2) is 0 Å². The molecule has 0 N–H and O–H groups in total. The van der Waals surface area contributed by atoms with Gasteiger partial charge < -0.3 is 9.47 Å². The minimum atomic E-state index is 1.14. The first-order valence-corrected chi connectivity index (χ1v) is 18.6. The fourth-order valence-corrected chi connectivity index (χ4v) is 10.2. The van der Waals surface area contributed by atoms with Crippen molar-refractivity contribution in [2.75, 3.05) is 4.90 Å². The highest BCUT2D eigenvalue weighted by molar-refractivity contribution is 7.26. The minimum Gasteiger partial charge on any atom is -0.310 e. The number of rotatable bonds is 4. The molecule has 2 nitrogen and oxygen atoms in total. The first-order valence-electron chi connectivity index (χ1n) is 16.9. The first kappa shape index (κ1) is 28.0. The molecule has 0 unspecified atom stereocenters. The standard InChI is InChI=1S/C46H28N2S2/c1-2-12-30(13-3-1)48-40-17-7-4-14-33(40)38-26-31(22-24-42(38)48)47(32-21-23-36-34-15-5-8-19-43(34)49-45(36)27-32)41-18-10-11-29-25-39-35-16-6-9-20-44(35)50-46(39)28-37(29)41/h1-28H. The Morgan fingerprint density at radius 3 is 1.80 bits per heavy atom. The van der Waals surface area contributed by atoms with Gasteiger partial charge >= 0.3 is 0 Å². The number of benzene rings is 8. The van der Waals surface area contributed by atoms with Gasteiger partial charge in [0.1, 0.15) is 0 Å². The topological polar surface area (TPSA) is 8.17 Å². The van der Waals surface area contributed by atoms with E-state index in [1.165, 1.54) is 84.3 Å². The molecule has 50 heavy (non-hydrogen) atoms. The third kappa shape index (κ3) is 4.13. The molecule has 0 saturated heterocycles. The van der Waals surface area contributed by atoms with Gasteiger partial charge in [0.05, 0.1) is 16.7 Å². The second-order valence-electron chi connectivity index (χ2n) is 12.9. The summed E-state index contributed by atoms with van der Waals surface area (Å²) in [5.41, 5.74) is 7.04. The summed E-state index contributed by atoms with van der Waals surface area (Å²) in [5.74, 6) is 0. The molecule has 0 amide bonds. The monoisotopic (exact) mass is 672 g/mol. The van der Waals surface area contributed by atoms with Gasteiger partial charge in [-0.15, -0.1) is 22.7 Å². The van der Waals surface area contributed by atoms with Crippen molar-refractivity contribution >= 4 is 113 Å². The smallest absolute Gasteiger partial charge is 0.0542 e. The molecular formula is C46H28N2S2. The molecule has 4 heteroatoms. The van der Waals surface area contributed by atoms with Crippen molar-refractivity contribution in [2.24, 2.45) is 0 Å². The van der Waals surface area contributed by atoms with E-state index in [1.807, 2.05) is 22.7 Å². The van der Waals surface area contributed by atoms with Crippen molar-refractivity contribution < 1.29 is 0 Å². The number of nitrogens with zero attached hydrogens (tertiary/aromatic N) is 2. The molecular weight excluding hydrogens is 645 g/mol. The number of anilines is 3. The Morgan fingerprint density at radius 2 is 0.980 bits per heavy atom. The van der Waals surface area contributed by atoms with E-state index in [9.17, 15) is 0 Å². The Hall–Kier alpha value is -5.94. The highest BCUT2D eigenvalue weighted by Crippen LogP contribution is 2.46. The summed E-state index contributed by atoms with van der Waals surface area (Å²) in [7, 11) is 0. The van der Waals surface area contributed by atoms with E-state index in [0.29, 0.717) is 0 Å². The Bertz CT molecular complexity index is 3110. The van der Waals surface area contributed by atoms with Crippen LogP contribution in [-0.4, -0.2) is 4.57 Å². The zero-order valence-corrected chi connectivity index (χ0v) is 28.5. The SMILES string of the molecule is c1ccc(-n2c3ccccc3c3cc(N(c4ccc5c(c4)sc4ccccc45)c4cccc5cc6c(cc45)sc4ccccc46)ccc32)cc1. The lowest BCUT2D eigenvalue weighted by Gasteiger charge is -2.27. The summed E-state index contributed by atoms with van der Waals surface area (Å²) in [6.45, 7) is 0. The lowest BCUT2D eigenvalue weighted by molar-refractivity contribution is 1.18. The second kappa shape index (κ2) is 10.8. The predicted molar refractivity (Wildman–Crippen MR) is 219 cm³/mol. The third-order valence-electron chi connectivity index (χ3n) is 10.1. The van der Waals surface area contributed by atoms with E-state index in [2.05, 4.69) is 179 Å². The van der Waals surface area contributed by atoms with Gasteiger partial charge in [-0.05, 0) is 84.2 Å². The van der Waals surface area contributed by atoms with Gasteiger partial charge in [-0.2, -0.15) is 0 Å². The molecule has 8 aromatic carbocycles. The lowest BCUT2D eigenvalue weighted by atomic mass is 10.0. The molecule has 0 aliphatic carbocycles. The van der Waals surface area contributed by atoms with Crippen LogP contribution in [0.5, 0.6) is 0 Å². The van der Waals surface area contributed by atoms with Gasteiger partial charge in [-0.3, -0.25) is 0 Å². The molecule has 11 rings (SSSR count). The van der Waals surface area contributed by atoms with Crippen LogP contribution in [0, 0.1) is 0 Å². The largest absolute Gasteiger partial charge is 0.310 e. The van der Waals surface area contributed by atoms with Crippen LogP contribution >= 0.6 is 22.7 Å². The minimum absolute atomic E-state index is 1.14. The fourth-order valence-electron chi connectivity index (χ4n) is 7.91. The molecule has 0 radical (unpaired) electrons. The Balaban J connectivity index is 1.20. The van der Waals surface area contributed by atoms with Crippen LogP contribution in [0.25, 0.3) is 78.6 Å². The Labute approximate surface area is 296 Å². The molecule has 0 atom stereocenters. The molecule has 11 aromatic rings. The Kier molecular flexibility index (Phi) is 6.03. The van der Waals surface area contributed by atoms with Gasteiger partial charge in [0.25, 0.3) is 0 Å². The summed E-state index contributed by atoms with van der Waals surface area (Å²) in [4.78, 5) is 2.47. The zero-order valence-electron chi connectivity index (χ0n) is 26.9. The average Bonchev–Trinajstić information content (AvgIpc) is 3.83. The molecule has 0 saturated carbocycles. The average molecular weight is 673 g/mol. The number of para-hydroxylation sites is 2. The molecule has 3 heterocycles. The van der Waals surface area contributed by atoms with Crippen LogP contribution in [0.1, 0.15) is 0 Å². The van der Waals surface area contributed by atoms with Gasteiger partial charge in [0.2, 0.25) is 0 Å². The summed E-state index contributed by atoms with van der Waals surface area (Å²) < 4.78 is 7.64. The zero-order chi connectivity index (χ0) is 32.8. The van der Waals surface area contributed by atoms with E-state index < -0.39 is 0 Å². The maximum absolute atomic E-state index is 2.47. The number of hydrogen-bond acceptors (Lipinski definition) is 3. The van der Waals surface area contributed by atoms with Crippen molar-refractivity contribution in [2.45, 2.75) is 0 Å². The fraction of sp³-hybridized carbons (Fsp3) is 0. The first-order chi connectivity index (χ1) is 24.8. The van der Waals surface area contributed by atoms with Crippen LogP contribution in [0.4, 0.5) is 17.1 Å². The molecule has 0 fully saturated rings. The summed E-state index contributed by atoms with van der Waals surface area (Å²) in [6.07, 6.45) is 0. The van der Waals surface area contributed by atoms with E-state index in [4.69, 9.17) is 0 Å². The van der Waals surface area contributed by atoms with Crippen molar-refractivity contribution in [3.8, 4) is 5.69 Å². The second-order valence-corrected chi connectivity index (χ2v) is 15.1. The van der Waals surface area contributed by atoms with Crippen LogP contribution in [0.2, 0.25) is 0 Å².